The summed E-state index contributed by atoms with van der Waals surface area (Å²) in [4.78, 5) is 4.71. The number of aliphatic hydroxyl groups excluding tert-OH is 1. The van der Waals surface area contributed by atoms with Crippen LogP contribution in [0.1, 0.15) is 13.8 Å². The Labute approximate surface area is 130 Å². The second kappa shape index (κ2) is 7.57. The van der Waals surface area contributed by atoms with E-state index in [2.05, 4.69) is 68.7 Å². The van der Waals surface area contributed by atoms with Gasteiger partial charge in [-0.25, -0.2) is 0 Å². The lowest BCUT2D eigenvalue weighted by Gasteiger charge is -2.45. The van der Waals surface area contributed by atoms with Gasteiger partial charge in [0.2, 0.25) is 0 Å². The summed E-state index contributed by atoms with van der Waals surface area (Å²) in [6.07, 6.45) is 0. The Kier molecular flexibility index (Phi) is 7.16. The lowest BCUT2D eigenvalue weighted by Crippen LogP contribution is -2.56. The van der Waals surface area contributed by atoms with E-state index in [1.165, 1.54) is 0 Å². The van der Waals surface area contributed by atoms with Crippen LogP contribution in [0.2, 0.25) is 0 Å². The number of nitrogens with zero attached hydrogens (tertiary/aromatic N) is 2. The van der Waals surface area contributed by atoms with Crippen LogP contribution in [0.4, 0.5) is 0 Å². The molecule has 0 bridgehead atoms. The van der Waals surface area contributed by atoms with Gasteiger partial charge in [-0.05, 0) is 13.8 Å². The second-order valence-electron chi connectivity index (χ2n) is 4.34. The van der Waals surface area contributed by atoms with Crippen molar-refractivity contribution in [1.29, 1.82) is 0 Å². The van der Waals surface area contributed by atoms with E-state index in [9.17, 15) is 0 Å². The summed E-state index contributed by atoms with van der Waals surface area (Å²) in [7, 11) is 0. The highest BCUT2D eigenvalue weighted by molar-refractivity contribution is 14.1. The summed E-state index contributed by atoms with van der Waals surface area (Å²) in [5.74, 6) is 0. The van der Waals surface area contributed by atoms with Crippen molar-refractivity contribution in [2.24, 2.45) is 0 Å². The first kappa shape index (κ1) is 16.1. The van der Waals surface area contributed by atoms with Crippen molar-refractivity contribution in [2.75, 3.05) is 26.2 Å². The first-order valence-corrected chi connectivity index (χ1v) is 8.75. The Morgan fingerprint density at radius 2 is 2.06 bits per heavy atom. The smallest absolute Gasteiger partial charge is 0.117 e. The summed E-state index contributed by atoms with van der Waals surface area (Å²) in [5, 5.41) is 10.2. The number of hydrogen-bond donors (Lipinski definition) is 1. The van der Waals surface area contributed by atoms with E-state index in [4.69, 9.17) is 5.11 Å². The maximum Gasteiger partial charge on any atom is 0.117 e. The summed E-state index contributed by atoms with van der Waals surface area (Å²) < 4.78 is 0.369. The van der Waals surface area contributed by atoms with E-state index in [0.29, 0.717) is 14.2 Å². The van der Waals surface area contributed by atoms with E-state index in [-0.39, 0.29) is 6.61 Å². The van der Waals surface area contributed by atoms with Crippen LogP contribution in [-0.4, -0.2) is 55.4 Å². The highest BCUT2D eigenvalue weighted by atomic mass is 127. The number of hydrogen-bond acceptors (Lipinski definition) is 4. The Morgan fingerprint density at radius 3 is 2.47 bits per heavy atom. The van der Waals surface area contributed by atoms with Crippen LogP contribution in [0.15, 0.2) is 11.6 Å². The molecule has 0 radical (unpaired) electrons. The fourth-order valence-corrected chi connectivity index (χ4v) is 4.33. The largest absolute Gasteiger partial charge is 0.395 e. The number of thioether (sulfide) groups is 1. The van der Waals surface area contributed by atoms with Crippen molar-refractivity contribution in [3.63, 3.8) is 0 Å². The zero-order chi connectivity index (χ0) is 13.0. The molecule has 1 rings (SSSR count). The normalized spacial score (nSPS) is 28.2. The molecule has 0 spiro atoms. The molecular weight excluding hydrogens is 415 g/mol. The summed E-state index contributed by atoms with van der Waals surface area (Å²) in [6.45, 7) is 11.6. The maximum atomic E-state index is 9.06. The molecule has 0 aromatic rings. The van der Waals surface area contributed by atoms with Crippen molar-refractivity contribution in [3.05, 3.63) is 11.6 Å². The molecule has 1 heterocycles. The van der Waals surface area contributed by atoms with E-state index in [1.807, 2.05) is 0 Å². The minimum Gasteiger partial charge on any atom is -0.395 e. The molecule has 6 heteroatoms. The molecule has 0 saturated carbocycles. The molecule has 0 aromatic carbocycles. The first-order valence-electron chi connectivity index (χ1n) is 5.71. The predicted molar refractivity (Wildman–Crippen MR) is 87.8 cm³/mol. The molecular formula is C11H20BrIN2OS. The summed E-state index contributed by atoms with van der Waals surface area (Å²) in [5.41, 5.74) is 0. The third-order valence-corrected chi connectivity index (χ3v) is 5.07. The molecule has 0 aromatic heterocycles. The minimum atomic E-state index is 0.238. The van der Waals surface area contributed by atoms with Crippen LogP contribution >= 0.6 is 50.3 Å². The number of aliphatic hydroxyl groups is 1. The molecule has 1 aliphatic rings. The monoisotopic (exact) mass is 434 g/mol. The summed E-state index contributed by atoms with van der Waals surface area (Å²) in [6, 6.07) is 0.928. The molecule has 17 heavy (non-hydrogen) atoms. The zero-order valence-electron chi connectivity index (χ0n) is 10.3. The van der Waals surface area contributed by atoms with Gasteiger partial charge in [0.1, 0.15) is 2.17 Å². The average molecular weight is 435 g/mol. The van der Waals surface area contributed by atoms with Gasteiger partial charge in [0.15, 0.2) is 0 Å². The molecule has 0 aliphatic carbocycles. The van der Waals surface area contributed by atoms with Crippen molar-refractivity contribution < 1.29 is 5.11 Å². The van der Waals surface area contributed by atoms with Gasteiger partial charge < -0.3 is 10.0 Å². The highest BCUT2D eigenvalue weighted by Crippen LogP contribution is 2.33. The molecule has 1 unspecified atom stereocenters. The third kappa shape index (κ3) is 4.89. The van der Waals surface area contributed by atoms with Crippen LogP contribution in [0, 0.1) is 0 Å². The van der Waals surface area contributed by atoms with Gasteiger partial charge in [-0.3, -0.25) is 4.90 Å². The zero-order valence-corrected chi connectivity index (χ0v) is 14.8. The standard InChI is InChI=1S/C11H20BrIN2OS/c1-8-6-14(10(3)17-11(12)13)7-9(2)15(8)4-5-16/h8-9,11,16H,3-7H2,1-2H3/t8-,9+,11?. The average Bonchev–Trinajstić information content (AvgIpc) is 2.22. The first-order chi connectivity index (χ1) is 7.95. The van der Waals surface area contributed by atoms with Gasteiger partial charge in [-0.1, -0.05) is 56.9 Å². The third-order valence-electron chi connectivity index (χ3n) is 3.04. The van der Waals surface area contributed by atoms with Gasteiger partial charge in [0, 0.05) is 31.7 Å². The Balaban J connectivity index is 2.55. The SMILES string of the molecule is C=C(SC(Br)I)N1C[C@@H](C)N(CCO)[C@@H](C)C1. The minimum absolute atomic E-state index is 0.238. The van der Waals surface area contributed by atoms with E-state index < -0.39 is 0 Å². The van der Waals surface area contributed by atoms with Crippen LogP contribution in [-0.2, 0) is 0 Å². The molecule has 0 amide bonds. The van der Waals surface area contributed by atoms with Crippen molar-refractivity contribution >= 4 is 50.3 Å². The van der Waals surface area contributed by atoms with E-state index >= 15 is 0 Å². The Bertz CT molecular complexity index is 256. The van der Waals surface area contributed by atoms with Gasteiger partial charge >= 0.3 is 0 Å². The van der Waals surface area contributed by atoms with Crippen molar-refractivity contribution in [3.8, 4) is 0 Å². The molecule has 3 nitrogen and oxygen atoms in total. The van der Waals surface area contributed by atoms with Gasteiger partial charge in [-0.15, -0.1) is 0 Å². The number of β-amino-alcohol motifs (C(OH)–C–C–N with tert-alkyl or cyclic N) is 1. The topological polar surface area (TPSA) is 26.7 Å². The van der Waals surface area contributed by atoms with Gasteiger partial charge in [-0.2, -0.15) is 0 Å². The van der Waals surface area contributed by atoms with E-state index in [0.717, 1.165) is 24.7 Å². The van der Waals surface area contributed by atoms with Crippen molar-refractivity contribution in [2.45, 2.75) is 28.1 Å². The molecule has 1 saturated heterocycles. The molecule has 1 fully saturated rings. The van der Waals surface area contributed by atoms with Gasteiger partial charge in [0.05, 0.1) is 11.6 Å². The van der Waals surface area contributed by atoms with Crippen molar-refractivity contribution in [1.82, 2.24) is 9.80 Å². The van der Waals surface area contributed by atoms with Crippen LogP contribution < -0.4 is 0 Å². The molecule has 100 valence electrons. The second-order valence-corrected chi connectivity index (χ2v) is 10.8. The molecule has 3 atom stereocenters. The quantitative estimate of drug-likeness (QED) is 0.531. The number of alkyl halides is 2. The Morgan fingerprint density at radius 1 is 1.53 bits per heavy atom. The number of piperazine rings is 1. The molecule has 1 aliphatic heterocycles. The fraction of sp³-hybridized carbons (Fsp3) is 0.818. The number of halogens is 2. The van der Waals surface area contributed by atoms with Crippen LogP contribution in [0.25, 0.3) is 0 Å². The summed E-state index contributed by atoms with van der Waals surface area (Å²) >= 11 is 7.60. The van der Waals surface area contributed by atoms with Crippen LogP contribution in [0.5, 0.6) is 0 Å². The van der Waals surface area contributed by atoms with Crippen LogP contribution in [0.3, 0.4) is 0 Å². The molecule has 1 N–H and O–H groups in total. The lowest BCUT2D eigenvalue weighted by molar-refractivity contribution is 0.0458. The highest BCUT2D eigenvalue weighted by Gasteiger charge is 2.29. The Hall–Kier alpha value is 1.02. The number of rotatable bonds is 5. The maximum absolute atomic E-state index is 9.06. The lowest BCUT2D eigenvalue weighted by atomic mass is 10.1. The van der Waals surface area contributed by atoms with E-state index in [1.54, 1.807) is 11.8 Å². The van der Waals surface area contributed by atoms with Gasteiger partial charge in [0.25, 0.3) is 0 Å². The predicted octanol–water partition coefficient (Wildman–Crippen LogP) is 2.69. The fourth-order valence-electron chi connectivity index (χ4n) is 2.29.